The van der Waals surface area contributed by atoms with Crippen LogP contribution in [-0.4, -0.2) is 39.2 Å². The van der Waals surface area contributed by atoms with Crippen LogP contribution in [0.25, 0.3) is 5.65 Å². The zero-order valence-electron chi connectivity index (χ0n) is 8.67. The smallest absolute Gasteiger partial charge is 0.203 e. The third-order valence-electron chi connectivity index (χ3n) is 2.28. The van der Waals surface area contributed by atoms with Gasteiger partial charge in [-0.2, -0.15) is 0 Å². The first-order chi connectivity index (χ1) is 7.36. The quantitative estimate of drug-likeness (QED) is 0.756. The van der Waals surface area contributed by atoms with Gasteiger partial charge in [-0.1, -0.05) is 0 Å². The number of rotatable bonds is 4. The minimum Gasteiger partial charge on any atom is -0.352 e. The molecule has 0 aliphatic carbocycles. The van der Waals surface area contributed by atoms with E-state index in [0.29, 0.717) is 6.54 Å². The van der Waals surface area contributed by atoms with Crippen LogP contribution in [0.1, 0.15) is 6.92 Å². The van der Waals surface area contributed by atoms with Gasteiger partial charge in [0.1, 0.15) is 6.33 Å². The normalized spacial score (nSPS) is 10.8. The Balaban J connectivity index is 2.44. The van der Waals surface area contributed by atoms with Crippen LogP contribution in [-0.2, 0) is 0 Å². The number of nitrogens with zero attached hydrogens (tertiary/aromatic N) is 5. The zero-order chi connectivity index (χ0) is 10.7. The molecule has 0 aromatic carbocycles. The Hall–Kier alpha value is -1.69. The average Bonchev–Trinajstić information content (AvgIpc) is 2.73. The average molecular weight is 206 g/mol. The van der Waals surface area contributed by atoms with E-state index in [1.807, 2.05) is 10.6 Å². The molecule has 2 heterocycles. The van der Waals surface area contributed by atoms with Crippen LogP contribution in [0.3, 0.4) is 0 Å². The number of likely N-dealkylation sites (N-methyl/N-ethyl adjacent to an activating group) is 1. The van der Waals surface area contributed by atoms with E-state index in [1.54, 1.807) is 12.5 Å². The maximum absolute atomic E-state index is 5.55. The summed E-state index contributed by atoms with van der Waals surface area (Å²) in [5.41, 5.74) is 6.32. The second-order valence-electron chi connectivity index (χ2n) is 3.18. The Labute approximate surface area is 87.7 Å². The summed E-state index contributed by atoms with van der Waals surface area (Å²) in [5.74, 6) is 0.836. The molecule has 2 rings (SSSR count). The number of hydrogen-bond donors (Lipinski definition) is 1. The molecule has 0 aliphatic heterocycles. The molecule has 6 heteroatoms. The van der Waals surface area contributed by atoms with Gasteiger partial charge >= 0.3 is 0 Å². The van der Waals surface area contributed by atoms with Gasteiger partial charge in [0.2, 0.25) is 5.65 Å². The molecule has 0 bridgehead atoms. The number of nitrogens with two attached hydrogens (primary N) is 1. The van der Waals surface area contributed by atoms with E-state index in [1.165, 1.54) is 0 Å². The van der Waals surface area contributed by atoms with Gasteiger partial charge in [-0.25, -0.2) is 4.98 Å². The molecule has 2 N–H and O–H groups in total. The molecule has 0 spiro atoms. The van der Waals surface area contributed by atoms with Crippen molar-refractivity contribution in [3.8, 4) is 0 Å². The highest BCUT2D eigenvalue weighted by Crippen LogP contribution is 2.14. The summed E-state index contributed by atoms with van der Waals surface area (Å²) < 4.78 is 1.85. The van der Waals surface area contributed by atoms with E-state index in [-0.39, 0.29) is 0 Å². The van der Waals surface area contributed by atoms with Crippen molar-refractivity contribution in [1.82, 2.24) is 19.6 Å². The minimum absolute atomic E-state index is 0.602. The van der Waals surface area contributed by atoms with Crippen molar-refractivity contribution in [2.24, 2.45) is 5.73 Å². The Morgan fingerprint density at radius 1 is 1.53 bits per heavy atom. The molecule has 80 valence electrons. The molecule has 0 atom stereocenters. The molecule has 2 aromatic heterocycles. The number of fused-ring (bicyclic) bond motifs is 1. The van der Waals surface area contributed by atoms with Crippen molar-refractivity contribution >= 4 is 11.5 Å². The van der Waals surface area contributed by atoms with Crippen molar-refractivity contribution in [3.63, 3.8) is 0 Å². The molecule has 0 unspecified atom stereocenters. The third-order valence-corrected chi connectivity index (χ3v) is 2.28. The highest BCUT2D eigenvalue weighted by Gasteiger charge is 2.10. The van der Waals surface area contributed by atoms with Gasteiger partial charge in [-0.15, -0.1) is 10.2 Å². The zero-order valence-corrected chi connectivity index (χ0v) is 8.67. The van der Waals surface area contributed by atoms with Gasteiger partial charge in [0, 0.05) is 32.0 Å². The highest BCUT2D eigenvalue weighted by atomic mass is 15.3. The van der Waals surface area contributed by atoms with Crippen molar-refractivity contribution in [2.45, 2.75) is 6.92 Å². The maximum atomic E-state index is 5.55. The summed E-state index contributed by atoms with van der Waals surface area (Å²) in [6, 6.07) is 0. The van der Waals surface area contributed by atoms with Gasteiger partial charge in [0.15, 0.2) is 5.82 Å². The summed E-state index contributed by atoms with van der Waals surface area (Å²) in [4.78, 5) is 6.40. The minimum atomic E-state index is 0.602. The first-order valence-electron chi connectivity index (χ1n) is 4.96. The Kier molecular flexibility index (Phi) is 2.77. The monoisotopic (exact) mass is 206 g/mol. The lowest BCUT2D eigenvalue weighted by molar-refractivity contribution is 0.800. The van der Waals surface area contributed by atoms with Crippen LogP contribution in [0.15, 0.2) is 18.7 Å². The SMILES string of the molecule is CCN(CCN)c1nccn2cnnc12. The Bertz CT molecular complexity index is 437. The van der Waals surface area contributed by atoms with Crippen LogP contribution in [0.2, 0.25) is 0 Å². The van der Waals surface area contributed by atoms with E-state index in [2.05, 4.69) is 27.0 Å². The van der Waals surface area contributed by atoms with E-state index < -0.39 is 0 Å². The lowest BCUT2D eigenvalue weighted by Gasteiger charge is -2.20. The Morgan fingerprint density at radius 3 is 3.13 bits per heavy atom. The second kappa shape index (κ2) is 4.22. The van der Waals surface area contributed by atoms with Crippen LogP contribution < -0.4 is 10.6 Å². The topological polar surface area (TPSA) is 72.3 Å². The molecular formula is C9H14N6. The number of hydrogen-bond acceptors (Lipinski definition) is 5. The predicted molar refractivity (Wildman–Crippen MR) is 57.7 cm³/mol. The van der Waals surface area contributed by atoms with E-state index >= 15 is 0 Å². The highest BCUT2D eigenvalue weighted by molar-refractivity contribution is 5.63. The van der Waals surface area contributed by atoms with E-state index in [4.69, 9.17) is 5.73 Å². The molecule has 0 saturated heterocycles. The second-order valence-corrected chi connectivity index (χ2v) is 3.18. The molecule has 0 aliphatic rings. The fraction of sp³-hybridized carbons (Fsp3) is 0.444. The molecule has 6 nitrogen and oxygen atoms in total. The lowest BCUT2D eigenvalue weighted by Crippen LogP contribution is -2.30. The molecule has 0 fully saturated rings. The summed E-state index contributed by atoms with van der Waals surface area (Å²) in [6.45, 7) is 4.30. The molecule has 2 aromatic rings. The van der Waals surface area contributed by atoms with Crippen molar-refractivity contribution in [1.29, 1.82) is 0 Å². The first kappa shape index (κ1) is 9.85. The molecule has 0 amide bonds. The largest absolute Gasteiger partial charge is 0.352 e. The third kappa shape index (κ3) is 1.75. The summed E-state index contributed by atoms with van der Waals surface area (Å²) >= 11 is 0. The van der Waals surface area contributed by atoms with Crippen molar-refractivity contribution in [3.05, 3.63) is 18.7 Å². The summed E-state index contributed by atoms with van der Waals surface area (Å²) in [6.07, 6.45) is 5.23. The van der Waals surface area contributed by atoms with Gasteiger partial charge < -0.3 is 10.6 Å². The number of aromatic nitrogens is 4. The standard InChI is InChI=1S/C9H14N6/c1-2-14(5-3-10)8-9-13-12-7-15(9)6-4-11-8/h4,6-7H,2-3,5,10H2,1H3. The summed E-state index contributed by atoms with van der Waals surface area (Å²) in [5, 5.41) is 7.89. The van der Waals surface area contributed by atoms with Gasteiger partial charge in [0.25, 0.3) is 0 Å². The molecule has 0 saturated carbocycles. The van der Waals surface area contributed by atoms with Crippen LogP contribution in [0.5, 0.6) is 0 Å². The maximum Gasteiger partial charge on any atom is 0.203 e. The van der Waals surface area contributed by atoms with Crippen LogP contribution in [0, 0.1) is 0 Å². The fourth-order valence-electron chi connectivity index (χ4n) is 1.54. The summed E-state index contributed by atoms with van der Waals surface area (Å²) in [7, 11) is 0. The van der Waals surface area contributed by atoms with Crippen LogP contribution in [0.4, 0.5) is 5.82 Å². The molecular weight excluding hydrogens is 192 g/mol. The van der Waals surface area contributed by atoms with Gasteiger partial charge in [-0.05, 0) is 6.92 Å². The van der Waals surface area contributed by atoms with Crippen molar-refractivity contribution < 1.29 is 0 Å². The van der Waals surface area contributed by atoms with Crippen LogP contribution >= 0.6 is 0 Å². The first-order valence-corrected chi connectivity index (χ1v) is 4.96. The van der Waals surface area contributed by atoms with Gasteiger partial charge in [-0.3, -0.25) is 4.40 Å². The Morgan fingerprint density at radius 2 is 2.40 bits per heavy atom. The van der Waals surface area contributed by atoms with Crippen molar-refractivity contribution in [2.75, 3.05) is 24.5 Å². The van der Waals surface area contributed by atoms with E-state index in [0.717, 1.165) is 24.6 Å². The van der Waals surface area contributed by atoms with Gasteiger partial charge in [0.05, 0.1) is 0 Å². The van der Waals surface area contributed by atoms with E-state index in [9.17, 15) is 0 Å². The molecule has 15 heavy (non-hydrogen) atoms. The number of anilines is 1. The fourth-order valence-corrected chi connectivity index (χ4v) is 1.54. The molecule has 0 radical (unpaired) electrons. The predicted octanol–water partition coefficient (Wildman–Crippen LogP) is -0.0907. The lowest BCUT2D eigenvalue weighted by atomic mass is 10.4.